The molecule has 2 bridgehead atoms. The van der Waals surface area contributed by atoms with Gasteiger partial charge in [-0.25, -0.2) is 0 Å². The van der Waals surface area contributed by atoms with Gasteiger partial charge in [-0.05, 0) is 63.4 Å². The van der Waals surface area contributed by atoms with Crippen LogP contribution >= 0.6 is 0 Å². The maximum atomic E-state index is 11.5. The molecule has 1 aromatic carbocycles. The largest absolute Gasteiger partial charge is 0.508 e. The normalized spacial score (nSPS) is 31.6. The Kier molecular flexibility index (Phi) is 3.58. The number of fused-ring (bicyclic) bond motifs is 2. The zero-order chi connectivity index (χ0) is 15.2. The molecule has 3 nitrogen and oxygen atoms in total. The Morgan fingerprint density at radius 3 is 2.76 bits per heavy atom. The van der Waals surface area contributed by atoms with Gasteiger partial charge in [0.05, 0.1) is 5.60 Å². The third kappa shape index (κ3) is 2.49. The molecule has 2 N–H and O–H groups in total. The van der Waals surface area contributed by atoms with Crippen LogP contribution in [0.3, 0.4) is 0 Å². The lowest BCUT2D eigenvalue weighted by atomic mass is 9.67. The van der Waals surface area contributed by atoms with Crippen LogP contribution in [0.15, 0.2) is 29.8 Å². The molecule has 0 spiro atoms. The molecule has 0 saturated heterocycles. The molecule has 0 amide bonds. The number of phenols is 1. The predicted molar refractivity (Wildman–Crippen MR) is 84.2 cm³/mol. The van der Waals surface area contributed by atoms with E-state index < -0.39 is 5.60 Å². The van der Waals surface area contributed by atoms with E-state index >= 15 is 0 Å². The molecule has 0 aromatic heterocycles. The van der Waals surface area contributed by atoms with Crippen LogP contribution < -0.4 is 0 Å². The van der Waals surface area contributed by atoms with E-state index in [-0.39, 0.29) is 11.7 Å². The van der Waals surface area contributed by atoms with Crippen LogP contribution in [0, 0.1) is 18.8 Å². The van der Waals surface area contributed by atoms with Crippen molar-refractivity contribution in [1.82, 2.24) is 4.90 Å². The number of benzene rings is 1. The van der Waals surface area contributed by atoms with Gasteiger partial charge in [-0.15, -0.1) is 0 Å². The van der Waals surface area contributed by atoms with Gasteiger partial charge in [0.1, 0.15) is 5.75 Å². The third-order valence-electron chi connectivity index (χ3n) is 5.12. The van der Waals surface area contributed by atoms with Crippen LogP contribution in [0.1, 0.15) is 30.4 Å². The second-order valence-electron chi connectivity index (χ2n) is 7.03. The molecule has 1 fully saturated rings. The molecule has 3 rings (SSSR count). The van der Waals surface area contributed by atoms with E-state index in [1.54, 1.807) is 6.07 Å². The summed E-state index contributed by atoms with van der Waals surface area (Å²) in [6, 6.07) is 5.63. The Morgan fingerprint density at radius 1 is 1.33 bits per heavy atom. The highest BCUT2D eigenvalue weighted by molar-refractivity contribution is 5.40. The minimum Gasteiger partial charge on any atom is -0.508 e. The smallest absolute Gasteiger partial charge is 0.118 e. The minimum absolute atomic E-state index is 0.119. The highest BCUT2D eigenvalue weighted by Gasteiger charge is 2.48. The van der Waals surface area contributed by atoms with Crippen molar-refractivity contribution in [1.29, 1.82) is 0 Å². The van der Waals surface area contributed by atoms with Crippen molar-refractivity contribution in [2.75, 3.05) is 20.6 Å². The number of phenolic OH excluding ortho intramolecular Hbond substituents is 1. The van der Waals surface area contributed by atoms with Crippen LogP contribution in [0.2, 0.25) is 0 Å². The monoisotopic (exact) mass is 287 g/mol. The molecule has 3 heteroatoms. The maximum Gasteiger partial charge on any atom is 0.118 e. The first kappa shape index (κ1) is 14.6. The van der Waals surface area contributed by atoms with Crippen molar-refractivity contribution >= 4 is 0 Å². The maximum absolute atomic E-state index is 11.5. The summed E-state index contributed by atoms with van der Waals surface area (Å²) in [7, 11) is 4.10. The fraction of sp³-hybridized carbons (Fsp3) is 0.556. The summed E-state index contributed by atoms with van der Waals surface area (Å²) >= 11 is 0. The number of nitrogens with zero attached hydrogens (tertiary/aromatic N) is 1. The first-order chi connectivity index (χ1) is 9.90. The summed E-state index contributed by atoms with van der Waals surface area (Å²) in [5, 5.41) is 21.5. The number of aromatic hydroxyl groups is 1. The van der Waals surface area contributed by atoms with Crippen molar-refractivity contribution in [3.63, 3.8) is 0 Å². The summed E-state index contributed by atoms with van der Waals surface area (Å²) in [6.45, 7) is 2.72. The molecular weight excluding hydrogens is 262 g/mol. The van der Waals surface area contributed by atoms with E-state index in [1.165, 1.54) is 5.57 Å². The summed E-state index contributed by atoms with van der Waals surface area (Å²) in [4.78, 5) is 2.14. The van der Waals surface area contributed by atoms with Crippen molar-refractivity contribution in [3.05, 3.63) is 41.0 Å². The van der Waals surface area contributed by atoms with Gasteiger partial charge in [0.25, 0.3) is 0 Å². The lowest BCUT2D eigenvalue weighted by molar-refractivity contribution is -0.0508. The Labute approximate surface area is 126 Å². The Morgan fingerprint density at radius 2 is 2.10 bits per heavy atom. The fourth-order valence-corrected chi connectivity index (χ4v) is 3.98. The number of aliphatic hydroxyl groups is 1. The Bertz CT molecular complexity index is 579. The second kappa shape index (κ2) is 5.15. The number of rotatable bonds is 3. The topological polar surface area (TPSA) is 43.7 Å². The first-order valence-electron chi connectivity index (χ1n) is 7.76. The standard InChI is InChI=1S/C18H25NO2/c1-12-4-7-15(9-17(12)20)18(21)10-13-5-6-14(8-13)16(18)11-19(2)3/h4,6-7,9,13,16,20-21H,5,8,10-11H2,1-3H3. The van der Waals surface area contributed by atoms with Gasteiger partial charge in [-0.1, -0.05) is 23.8 Å². The number of allylic oxidation sites excluding steroid dienone is 1. The van der Waals surface area contributed by atoms with Crippen LogP contribution in [0.25, 0.3) is 0 Å². The Hall–Kier alpha value is -1.32. The molecule has 3 atom stereocenters. The average molecular weight is 287 g/mol. The van der Waals surface area contributed by atoms with Gasteiger partial charge >= 0.3 is 0 Å². The Balaban J connectivity index is 2.02. The van der Waals surface area contributed by atoms with E-state index in [9.17, 15) is 10.2 Å². The molecular formula is C18H25NO2. The lowest BCUT2D eigenvalue weighted by Gasteiger charge is -2.44. The molecule has 1 saturated carbocycles. The highest BCUT2D eigenvalue weighted by Crippen LogP contribution is 2.51. The molecule has 2 aliphatic rings. The average Bonchev–Trinajstić information content (AvgIpc) is 2.81. The minimum atomic E-state index is -0.860. The molecule has 0 heterocycles. The molecule has 2 aliphatic carbocycles. The van der Waals surface area contributed by atoms with Crippen LogP contribution in [0.4, 0.5) is 0 Å². The van der Waals surface area contributed by atoms with Crippen molar-refractivity contribution in [2.24, 2.45) is 11.8 Å². The predicted octanol–water partition coefficient (Wildman–Crippen LogP) is 2.81. The lowest BCUT2D eigenvalue weighted by Crippen LogP contribution is -2.45. The zero-order valence-electron chi connectivity index (χ0n) is 13.1. The van der Waals surface area contributed by atoms with Crippen molar-refractivity contribution in [3.8, 4) is 5.75 Å². The third-order valence-corrected chi connectivity index (χ3v) is 5.12. The SMILES string of the molecule is Cc1ccc(C2(O)CC3CC=C(C3)C2CN(C)C)cc1O. The second-order valence-corrected chi connectivity index (χ2v) is 7.03. The highest BCUT2D eigenvalue weighted by atomic mass is 16.3. The van der Waals surface area contributed by atoms with Gasteiger partial charge < -0.3 is 15.1 Å². The molecule has 0 radical (unpaired) electrons. The molecule has 1 aromatic rings. The van der Waals surface area contributed by atoms with E-state index in [4.69, 9.17) is 0 Å². The van der Waals surface area contributed by atoms with E-state index in [0.717, 1.165) is 36.9 Å². The molecule has 3 unspecified atom stereocenters. The van der Waals surface area contributed by atoms with Crippen LogP contribution in [-0.2, 0) is 5.60 Å². The first-order valence-corrected chi connectivity index (χ1v) is 7.76. The van der Waals surface area contributed by atoms with Crippen LogP contribution in [-0.4, -0.2) is 35.8 Å². The number of hydrogen-bond acceptors (Lipinski definition) is 3. The molecule has 114 valence electrons. The van der Waals surface area contributed by atoms with Gasteiger partial charge in [-0.2, -0.15) is 0 Å². The quantitative estimate of drug-likeness (QED) is 0.840. The summed E-state index contributed by atoms with van der Waals surface area (Å²) in [5.41, 5.74) is 2.24. The van der Waals surface area contributed by atoms with Crippen molar-refractivity contribution in [2.45, 2.75) is 31.8 Å². The summed E-state index contributed by atoms with van der Waals surface area (Å²) in [6.07, 6.45) is 5.32. The van der Waals surface area contributed by atoms with E-state index in [2.05, 4.69) is 25.1 Å². The van der Waals surface area contributed by atoms with E-state index in [0.29, 0.717) is 5.92 Å². The van der Waals surface area contributed by atoms with Gasteiger partial charge in [0.2, 0.25) is 0 Å². The number of aryl methyl sites for hydroxylation is 1. The van der Waals surface area contributed by atoms with Gasteiger partial charge in [0, 0.05) is 12.5 Å². The van der Waals surface area contributed by atoms with Gasteiger partial charge in [0.15, 0.2) is 0 Å². The van der Waals surface area contributed by atoms with Crippen molar-refractivity contribution < 1.29 is 10.2 Å². The number of hydrogen-bond donors (Lipinski definition) is 2. The summed E-state index contributed by atoms with van der Waals surface area (Å²) in [5.74, 6) is 0.941. The zero-order valence-corrected chi connectivity index (χ0v) is 13.1. The van der Waals surface area contributed by atoms with Gasteiger partial charge in [-0.3, -0.25) is 0 Å². The van der Waals surface area contributed by atoms with Crippen LogP contribution in [0.5, 0.6) is 5.75 Å². The summed E-state index contributed by atoms with van der Waals surface area (Å²) < 4.78 is 0. The molecule has 0 aliphatic heterocycles. The molecule has 21 heavy (non-hydrogen) atoms. The van der Waals surface area contributed by atoms with E-state index in [1.807, 2.05) is 19.1 Å². The fourth-order valence-electron chi connectivity index (χ4n) is 3.98.